The molecule has 0 saturated carbocycles. The average molecular weight is 225 g/mol. The monoisotopic (exact) mass is 225 g/mol. The van der Waals surface area contributed by atoms with Crippen molar-refractivity contribution in [1.29, 1.82) is 0 Å². The number of hydrogen-bond donors (Lipinski definition) is 0. The summed E-state index contributed by atoms with van der Waals surface area (Å²) in [5.74, 6) is -1.84. The number of carbonyl (C=O) groups excluding carboxylic acids is 3. The Labute approximate surface area is 88.4 Å². The standard InChI is InChI=1S/C8H5N2O4S/c11-6-1-2-7(12)10(6)14-8(13)5-3-15-4-9-5/h3H,1-2H2. The van der Waals surface area contributed by atoms with E-state index in [0.29, 0.717) is 5.06 Å². The zero-order valence-electron chi connectivity index (χ0n) is 7.43. The van der Waals surface area contributed by atoms with Crippen LogP contribution in [0.15, 0.2) is 5.38 Å². The van der Waals surface area contributed by atoms with Crippen molar-refractivity contribution in [1.82, 2.24) is 10.0 Å². The van der Waals surface area contributed by atoms with E-state index in [1.807, 2.05) is 0 Å². The molecule has 0 N–H and O–H groups in total. The summed E-state index contributed by atoms with van der Waals surface area (Å²) < 4.78 is 0. The summed E-state index contributed by atoms with van der Waals surface area (Å²) in [6.07, 6.45) is 0.157. The smallest absolute Gasteiger partial charge is 0.323 e. The summed E-state index contributed by atoms with van der Waals surface area (Å²) in [5, 5.41) is 1.91. The molecule has 1 fully saturated rings. The van der Waals surface area contributed by atoms with E-state index in [1.165, 1.54) is 5.38 Å². The lowest BCUT2D eigenvalue weighted by atomic mass is 10.4. The maximum Gasteiger partial charge on any atom is 0.382 e. The van der Waals surface area contributed by atoms with Gasteiger partial charge in [0.15, 0.2) is 11.2 Å². The molecule has 15 heavy (non-hydrogen) atoms. The molecule has 1 aromatic heterocycles. The van der Waals surface area contributed by atoms with E-state index < -0.39 is 17.8 Å². The Morgan fingerprint density at radius 1 is 1.47 bits per heavy atom. The molecule has 2 rings (SSSR count). The Morgan fingerprint density at radius 3 is 2.67 bits per heavy atom. The molecule has 7 heteroatoms. The first-order valence-electron chi connectivity index (χ1n) is 4.08. The molecule has 0 bridgehead atoms. The second kappa shape index (κ2) is 3.77. The normalized spacial score (nSPS) is 15.9. The summed E-state index contributed by atoms with van der Waals surface area (Å²) >= 11 is 1.10. The predicted octanol–water partition coefficient (Wildman–Crippen LogP) is 0.164. The van der Waals surface area contributed by atoms with E-state index >= 15 is 0 Å². The zero-order valence-corrected chi connectivity index (χ0v) is 8.24. The van der Waals surface area contributed by atoms with Crippen LogP contribution in [0.4, 0.5) is 0 Å². The quantitative estimate of drug-likeness (QED) is 0.670. The van der Waals surface area contributed by atoms with E-state index in [-0.39, 0.29) is 18.5 Å². The van der Waals surface area contributed by atoms with Crippen molar-refractivity contribution in [3.63, 3.8) is 0 Å². The van der Waals surface area contributed by atoms with Gasteiger partial charge in [-0.3, -0.25) is 9.59 Å². The lowest BCUT2D eigenvalue weighted by molar-refractivity contribution is -0.172. The first-order chi connectivity index (χ1) is 7.18. The van der Waals surface area contributed by atoms with Gasteiger partial charge in [0.2, 0.25) is 0 Å². The molecule has 1 saturated heterocycles. The molecular formula is C8H5N2O4S. The van der Waals surface area contributed by atoms with Crippen LogP contribution >= 0.6 is 11.3 Å². The zero-order chi connectivity index (χ0) is 10.8. The molecule has 1 aliphatic rings. The highest BCUT2D eigenvalue weighted by Gasteiger charge is 2.33. The minimum absolute atomic E-state index is 0.0347. The van der Waals surface area contributed by atoms with Crippen LogP contribution in [0.2, 0.25) is 0 Å². The van der Waals surface area contributed by atoms with Crippen molar-refractivity contribution in [3.05, 3.63) is 16.6 Å². The van der Waals surface area contributed by atoms with Gasteiger partial charge in [0.25, 0.3) is 11.8 Å². The number of carbonyl (C=O) groups is 3. The summed E-state index contributed by atoms with van der Waals surface area (Å²) in [6.45, 7) is 0. The van der Waals surface area contributed by atoms with Crippen LogP contribution < -0.4 is 0 Å². The van der Waals surface area contributed by atoms with Gasteiger partial charge in [0, 0.05) is 18.2 Å². The Balaban J connectivity index is 2.06. The van der Waals surface area contributed by atoms with Crippen LogP contribution in [-0.2, 0) is 14.4 Å². The molecule has 1 radical (unpaired) electrons. The molecule has 0 atom stereocenters. The molecule has 6 nitrogen and oxygen atoms in total. The van der Waals surface area contributed by atoms with Crippen LogP contribution in [0.1, 0.15) is 23.3 Å². The van der Waals surface area contributed by atoms with E-state index in [9.17, 15) is 14.4 Å². The molecular weight excluding hydrogens is 220 g/mol. The van der Waals surface area contributed by atoms with Gasteiger partial charge in [0.05, 0.1) is 0 Å². The van der Waals surface area contributed by atoms with Crippen LogP contribution in [0.25, 0.3) is 0 Å². The van der Waals surface area contributed by atoms with Gasteiger partial charge in [-0.25, -0.2) is 9.78 Å². The highest BCUT2D eigenvalue weighted by atomic mass is 32.1. The van der Waals surface area contributed by atoms with Gasteiger partial charge in [-0.15, -0.1) is 16.4 Å². The molecule has 2 amide bonds. The third-order valence-corrected chi connectivity index (χ3v) is 2.32. The van der Waals surface area contributed by atoms with Gasteiger partial charge in [-0.2, -0.15) is 0 Å². The minimum Gasteiger partial charge on any atom is -0.323 e. The van der Waals surface area contributed by atoms with E-state index in [2.05, 4.69) is 15.3 Å². The Hall–Kier alpha value is -1.76. The van der Waals surface area contributed by atoms with Gasteiger partial charge in [-0.05, 0) is 0 Å². The number of hydroxylamine groups is 2. The Kier molecular flexibility index (Phi) is 2.46. The third-order valence-electron chi connectivity index (χ3n) is 1.78. The summed E-state index contributed by atoms with van der Waals surface area (Å²) in [4.78, 5) is 41.7. The van der Waals surface area contributed by atoms with E-state index in [0.717, 1.165) is 11.3 Å². The highest BCUT2D eigenvalue weighted by molar-refractivity contribution is 7.07. The van der Waals surface area contributed by atoms with Crippen LogP contribution in [0.3, 0.4) is 0 Å². The van der Waals surface area contributed by atoms with E-state index in [1.54, 1.807) is 0 Å². The van der Waals surface area contributed by atoms with Crippen molar-refractivity contribution in [2.75, 3.05) is 0 Å². The van der Waals surface area contributed by atoms with Crippen molar-refractivity contribution in [2.24, 2.45) is 0 Å². The van der Waals surface area contributed by atoms with Gasteiger partial charge in [-0.1, -0.05) is 0 Å². The molecule has 0 unspecified atom stereocenters. The number of nitrogens with zero attached hydrogens (tertiary/aromatic N) is 2. The average Bonchev–Trinajstić information content (AvgIpc) is 2.82. The topological polar surface area (TPSA) is 76.6 Å². The highest BCUT2D eigenvalue weighted by Crippen LogP contribution is 2.13. The summed E-state index contributed by atoms with van der Waals surface area (Å²) in [6, 6.07) is 0. The first kappa shape index (κ1) is 9.78. The number of aromatic nitrogens is 1. The number of thiazole rings is 1. The fourth-order valence-electron chi connectivity index (χ4n) is 1.07. The van der Waals surface area contributed by atoms with Crippen LogP contribution in [-0.4, -0.2) is 27.8 Å². The Bertz CT molecular complexity index is 398. The third kappa shape index (κ3) is 1.86. The molecule has 77 valence electrons. The minimum atomic E-state index is -0.823. The van der Waals surface area contributed by atoms with Crippen LogP contribution in [0.5, 0.6) is 0 Å². The number of rotatable bonds is 2. The van der Waals surface area contributed by atoms with Crippen LogP contribution in [0, 0.1) is 5.51 Å². The second-order valence-electron chi connectivity index (χ2n) is 2.78. The SMILES string of the molecule is O=C(ON1C(=O)CCC1=O)c1cs[c]n1. The molecule has 0 aromatic carbocycles. The van der Waals surface area contributed by atoms with Gasteiger partial charge in [0.1, 0.15) is 0 Å². The fourth-order valence-corrected chi connectivity index (χ4v) is 1.53. The molecule has 1 aromatic rings. The van der Waals surface area contributed by atoms with Gasteiger partial charge >= 0.3 is 5.97 Å². The molecule has 1 aliphatic heterocycles. The largest absolute Gasteiger partial charge is 0.382 e. The fraction of sp³-hybridized carbons (Fsp3) is 0.250. The van der Waals surface area contributed by atoms with Crippen molar-refractivity contribution in [3.8, 4) is 0 Å². The van der Waals surface area contributed by atoms with Crippen molar-refractivity contribution in [2.45, 2.75) is 12.8 Å². The summed E-state index contributed by atoms with van der Waals surface area (Å²) in [7, 11) is 0. The number of amides is 2. The maximum absolute atomic E-state index is 11.3. The first-order valence-corrected chi connectivity index (χ1v) is 4.96. The van der Waals surface area contributed by atoms with E-state index in [4.69, 9.17) is 0 Å². The lowest BCUT2D eigenvalue weighted by Gasteiger charge is -2.10. The number of hydrogen-bond acceptors (Lipinski definition) is 6. The second-order valence-corrected chi connectivity index (χ2v) is 3.44. The molecule has 0 aliphatic carbocycles. The van der Waals surface area contributed by atoms with Crippen molar-refractivity contribution >= 4 is 29.1 Å². The number of imide groups is 1. The predicted molar refractivity (Wildman–Crippen MR) is 47.5 cm³/mol. The molecule has 2 heterocycles. The Morgan fingerprint density at radius 2 is 2.13 bits per heavy atom. The molecule has 0 spiro atoms. The van der Waals surface area contributed by atoms with Gasteiger partial charge < -0.3 is 4.84 Å². The van der Waals surface area contributed by atoms with Crippen molar-refractivity contribution < 1.29 is 19.2 Å². The lowest BCUT2D eigenvalue weighted by Crippen LogP contribution is -2.32. The summed E-state index contributed by atoms with van der Waals surface area (Å²) in [5.41, 5.74) is 2.50. The maximum atomic E-state index is 11.3.